The number of halogens is 1. The van der Waals surface area contributed by atoms with Crippen LogP contribution in [0.4, 0.5) is 4.39 Å². The molecular formula is C9H13FO. The Hall–Kier alpha value is -0.790. The highest BCUT2D eigenvalue weighted by Gasteiger charge is 2.07. The summed E-state index contributed by atoms with van der Waals surface area (Å²) in [6.45, 7) is 3.94. The van der Waals surface area contributed by atoms with Gasteiger partial charge in [-0.1, -0.05) is 0 Å². The molecule has 0 bridgehead atoms. The van der Waals surface area contributed by atoms with Crippen molar-refractivity contribution in [2.45, 2.75) is 32.8 Å². The van der Waals surface area contributed by atoms with Gasteiger partial charge >= 0.3 is 0 Å². The molecule has 0 aromatic heterocycles. The monoisotopic (exact) mass is 156 g/mol. The van der Waals surface area contributed by atoms with Crippen LogP contribution in [0, 0.1) is 0 Å². The summed E-state index contributed by atoms with van der Waals surface area (Å²) in [6, 6.07) is 0. The fraction of sp³-hybridized carbons (Fsp3) is 0.556. The molecule has 62 valence electrons. The number of hydrogen-bond acceptors (Lipinski definition) is 1. The van der Waals surface area contributed by atoms with Crippen LogP contribution in [0.1, 0.15) is 26.7 Å². The Labute approximate surface area is 66.6 Å². The summed E-state index contributed by atoms with van der Waals surface area (Å²) >= 11 is 0. The van der Waals surface area contributed by atoms with Gasteiger partial charge in [-0.3, -0.25) is 0 Å². The van der Waals surface area contributed by atoms with Gasteiger partial charge in [0.15, 0.2) is 0 Å². The first-order valence-electron chi connectivity index (χ1n) is 3.90. The molecule has 1 aliphatic rings. The number of hydrogen-bond donors (Lipinski definition) is 0. The van der Waals surface area contributed by atoms with Gasteiger partial charge < -0.3 is 4.74 Å². The van der Waals surface area contributed by atoms with E-state index in [1.165, 1.54) is 6.08 Å². The predicted molar refractivity (Wildman–Crippen MR) is 42.7 cm³/mol. The van der Waals surface area contributed by atoms with Crippen molar-refractivity contribution >= 4 is 0 Å². The fourth-order valence-electron chi connectivity index (χ4n) is 0.994. The van der Waals surface area contributed by atoms with E-state index in [4.69, 9.17) is 4.74 Å². The smallest absolute Gasteiger partial charge is 0.100 e. The molecule has 0 radical (unpaired) electrons. The Morgan fingerprint density at radius 2 is 2.09 bits per heavy atom. The molecular weight excluding hydrogens is 143 g/mol. The lowest BCUT2D eigenvalue weighted by atomic mass is 10.1. The number of rotatable bonds is 2. The van der Waals surface area contributed by atoms with Gasteiger partial charge in [0.1, 0.15) is 5.83 Å². The molecule has 0 saturated carbocycles. The summed E-state index contributed by atoms with van der Waals surface area (Å²) in [5, 5.41) is 0. The third kappa shape index (κ3) is 2.74. The minimum atomic E-state index is -0.0545. The zero-order chi connectivity index (χ0) is 8.27. The topological polar surface area (TPSA) is 9.23 Å². The van der Waals surface area contributed by atoms with E-state index in [0.29, 0.717) is 12.8 Å². The van der Waals surface area contributed by atoms with Gasteiger partial charge in [0.05, 0.1) is 11.9 Å². The summed E-state index contributed by atoms with van der Waals surface area (Å²) in [4.78, 5) is 0. The van der Waals surface area contributed by atoms with E-state index in [1.54, 1.807) is 6.08 Å². The Morgan fingerprint density at radius 3 is 2.55 bits per heavy atom. The lowest BCUT2D eigenvalue weighted by molar-refractivity contribution is 0.138. The van der Waals surface area contributed by atoms with E-state index < -0.39 is 0 Å². The van der Waals surface area contributed by atoms with Crippen molar-refractivity contribution in [1.82, 2.24) is 0 Å². The SMILES string of the molecule is CC(C)OC1=CC=C(F)CC1. The van der Waals surface area contributed by atoms with Gasteiger partial charge in [0.2, 0.25) is 0 Å². The summed E-state index contributed by atoms with van der Waals surface area (Å²) in [5.41, 5.74) is 0. The van der Waals surface area contributed by atoms with Crippen molar-refractivity contribution in [2.24, 2.45) is 0 Å². The molecule has 0 atom stereocenters. The number of ether oxygens (including phenoxy) is 1. The first-order valence-corrected chi connectivity index (χ1v) is 3.90. The second kappa shape index (κ2) is 3.56. The zero-order valence-corrected chi connectivity index (χ0v) is 6.93. The minimum Gasteiger partial charge on any atom is -0.495 e. The second-order valence-electron chi connectivity index (χ2n) is 2.91. The van der Waals surface area contributed by atoms with Crippen LogP contribution in [0.2, 0.25) is 0 Å². The van der Waals surface area contributed by atoms with Crippen LogP contribution in [0.3, 0.4) is 0 Å². The van der Waals surface area contributed by atoms with E-state index in [1.807, 2.05) is 13.8 Å². The van der Waals surface area contributed by atoms with Gasteiger partial charge in [-0.15, -0.1) is 0 Å². The molecule has 1 rings (SSSR count). The summed E-state index contributed by atoms with van der Waals surface area (Å²) < 4.78 is 17.8. The second-order valence-corrected chi connectivity index (χ2v) is 2.91. The Kier molecular flexibility index (Phi) is 2.69. The fourth-order valence-corrected chi connectivity index (χ4v) is 0.994. The van der Waals surface area contributed by atoms with Gasteiger partial charge in [0.25, 0.3) is 0 Å². The molecule has 0 aromatic carbocycles. The van der Waals surface area contributed by atoms with Crippen LogP contribution >= 0.6 is 0 Å². The molecule has 1 nitrogen and oxygen atoms in total. The van der Waals surface area contributed by atoms with Crippen molar-refractivity contribution in [3.05, 3.63) is 23.7 Å². The summed E-state index contributed by atoms with van der Waals surface area (Å²) in [7, 11) is 0. The standard InChI is InChI=1S/C9H13FO/c1-7(2)11-9-5-3-8(10)4-6-9/h3,5,7H,4,6H2,1-2H3. The van der Waals surface area contributed by atoms with Crippen molar-refractivity contribution in [1.29, 1.82) is 0 Å². The maximum Gasteiger partial charge on any atom is 0.100 e. The van der Waals surface area contributed by atoms with Crippen LogP contribution < -0.4 is 0 Å². The largest absolute Gasteiger partial charge is 0.495 e. The van der Waals surface area contributed by atoms with Crippen molar-refractivity contribution in [2.75, 3.05) is 0 Å². The average Bonchev–Trinajstić information content (AvgIpc) is 1.93. The van der Waals surface area contributed by atoms with Gasteiger partial charge in [-0.2, -0.15) is 0 Å². The molecule has 2 heteroatoms. The lowest BCUT2D eigenvalue weighted by Crippen LogP contribution is -2.03. The van der Waals surface area contributed by atoms with E-state index in [-0.39, 0.29) is 11.9 Å². The van der Waals surface area contributed by atoms with E-state index in [9.17, 15) is 4.39 Å². The molecule has 0 aromatic rings. The highest BCUT2D eigenvalue weighted by Crippen LogP contribution is 2.20. The van der Waals surface area contributed by atoms with Crippen LogP contribution in [0.25, 0.3) is 0 Å². The third-order valence-corrected chi connectivity index (χ3v) is 1.45. The molecule has 0 unspecified atom stereocenters. The highest BCUT2D eigenvalue weighted by atomic mass is 19.1. The molecule has 11 heavy (non-hydrogen) atoms. The van der Waals surface area contributed by atoms with E-state index >= 15 is 0 Å². The molecule has 0 saturated heterocycles. The highest BCUT2D eigenvalue weighted by molar-refractivity contribution is 5.16. The van der Waals surface area contributed by atoms with Gasteiger partial charge in [0, 0.05) is 12.8 Å². The third-order valence-electron chi connectivity index (χ3n) is 1.45. The van der Waals surface area contributed by atoms with Gasteiger partial charge in [-0.05, 0) is 26.0 Å². The quantitative estimate of drug-likeness (QED) is 0.597. The van der Waals surface area contributed by atoms with E-state index in [2.05, 4.69) is 0 Å². The molecule has 0 N–H and O–H groups in total. The molecule has 0 fully saturated rings. The maximum absolute atomic E-state index is 12.5. The van der Waals surface area contributed by atoms with E-state index in [0.717, 1.165) is 5.76 Å². The molecule has 0 aliphatic heterocycles. The lowest BCUT2D eigenvalue weighted by Gasteiger charge is -2.14. The summed E-state index contributed by atoms with van der Waals surface area (Å²) in [6.07, 6.45) is 4.55. The maximum atomic E-state index is 12.5. The van der Waals surface area contributed by atoms with Crippen LogP contribution in [-0.2, 0) is 4.74 Å². The Bertz CT molecular complexity index is 192. The molecule has 0 amide bonds. The molecule has 1 aliphatic carbocycles. The molecule has 0 spiro atoms. The minimum absolute atomic E-state index is 0.0545. The molecule has 0 heterocycles. The normalized spacial score (nSPS) is 17.8. The Morgan fingerprint density at radius 1 is 1.36 bits per heavy atom. The van der Waals surface area contributed by atoms with Gasteiger partial charge in [-0.25, -0.2) is 4.39 Å². The van der Waals surface area contributed by atoms with Crippen molar-refractivity contribution in [3.63, 3.8) is 0 Å². The summed E-state index contributed by atoms with van der Waals surface area (Å²) in [5.74, 6) is 0.836. The van der Waals surface area contributed by atoms with Crippen LogP contribution in [0.15, 0.2) is 23.7 Å². The van der Waals surface area contributed by atoms with Crippen LogP contribution in [0.5, 0.6) is 0 Å². The first-order chi connectivity index (χ1) is 5.18. The number of allylic oxidation sites excluding steroid dienone is 4. The van der Waals surface area contributed by atoms with Crippen molar-refractivity contribution < 1.29 is 9.13 Å². The average molecular weight is 156 g/mol. The zero-order valence-electron chi connectivity index (χ0n) is 6.93. The van der Waals surface area contributed by atoms with Crippen LogP contribution in [-0.4, -0.2) is 6.10 Å². The predicted octanol–water partition coefficient (Wildman–Crippen LogP) is 2.94. The van der Waals surface area contributed by atoms with Crippen molar-refractivity contribution in [3.8, 4) is 0 Å². The first kappa shape index (κ1) is 8.31. The Balaban J connectivity index is 2.48.